The quantitative estimate of drug-likeness (QED) is 0.530. The standard InChI is InChI=1S/C19H20Br2/c1-3-17(15-11-7-5-8-12-15)18(4-2,19(17,20)21)16-13-9-6-10-14-16/h5-14H,3-4H2,1-2H3. The van der Waals surface area contributed by atoms with Crippen LogP contribution < -0.4 is 0 Å². The van der Waals surface area contributed by atoms with Crippen molar-refractivity contribution >= 4 is 31.9 Å². The zero-order valence-electron chi connectivity index (χ0n) is 12.4. The second-order valence-electron chi connectivity index (χ2n) is 5.82. The maximum absolute atomic E-state index is 4.04. The summed E-state index contributed by atoms with van der Waals surface area (Å²) in [6.07, 6.45) is 2.19. The molecule has 2 unspecified atom stereocenters. The molecular formula is C19H20Br2. The number of benzene rings is 2. The highest BCUT2D eigenvalue weighted by Crippen LogP contribution is 2.82. The average Bonchev–Trinajstić information content (AvgIpc) is 3.00. The number of hydrogen-bond acceptors (Lipinski definition) is 0. The van der Waals surface area contributed by atoms with E-state index in [0.29, 0.717) is 0 Å². The molecule has 2 heteroatoms. The molecule has 3 rings (SSSR count). The van der Waals surface area contributed by atoms with Crippen molar-refractivity contribution in [3.63, 3.8) is 0 Å². The summed E-state index contributed by atoms with van der Waals surface area (Å²) in [5.41, 5.74) is 2.98. The number of hydrogen-bond donors (Lipinski definition) is 0. The first-order valence-corrected chi connectivity index (χ1v) is 9.16. The molecular weight excluding hydrogens is 388 g/mol. The van der Waals surface area contributed by atoms with E-state index >= 15 is 0 Å². The van der Waals surface area contributed by atoms with Gasteiger partial charge in [-0.25, -0.2) is 0 Å². The minimum atomic E-state index is -0.0911. The fourth-order valence-corrected chi connectivity index (χ4v) is 7.56. The lowest BCUT2D eigenvalue weighted by Gasteiger charge is -2.24. The molecule has 0 saturated heterocycles. The molecule has 2 atom stereocenters. The van der Waals surface area contributed by atoms with Crippen molar-refractivity contribution in [2.24, 2.45) is 0 Å². The van der Waals surface area contributed by atoms with Gasteiger partial charge in [-0.05, 0) is 24.0 Å². The highest BCUT2D eigenvalue weighted by Gasteiger charge is 2.84. The molecule has 0 radical (unpaired) electrons. The Labute approximate surface area is 144 Å². The minimum Gasteiger partial charge on any atom is -0.0707 e. The summed E-state index contributed by atoms with van der Waals surface area (Å²) < 4.78 is -0.0911. The van der Waals surface area contributed by atoms with Gasteiger partial charge in [0.25, 0.3) is 0 Å². The molecule has 0 nitrogen and oxygen atoms in total. The minimum absolute atomic E-state index is 0.0807. The van der Waals surface area contributed by atoms with Gasteiger partial charge in [0.1, 0.15) is 3.23 Å². The lowest BCUT2D eigenvalue weighted by Crippen LogP contribution is -2.21. The van der Waals surface area contributed by atoms with E-state index in [1.54, 1.807) is 0 Å². The predicted octanol–water partition coefficient (Wildman–Crippen LogP) is 6.18. The van der Waals surface area contributed by atoms with E-state index in [2.05, 4.69) is 106 Å². The Kier molecular flexibility index (Phi) is 3.82. The molecule has 0 aliphatic heterocycles. The van der Waals surface area contributed by atoms with Crippen LogP contribution in [0.2, 0.25) is 0 Å². The Balaban J connectivity index is 2.23. The Hall–Kier alpha value is -0.600. The molecule has 0 N–H and O–H groups in total. The largest absolute Gasteiger partial charge is 0.102 e. The van der Waals surface area contributed by atoms with Gasteiger partial charge in [0, 0.05) is 10.8 Å². The third kappa shape index (κ3) is 1.72. The van der Waals surface area contributed by atoms with Crippen molar-refractivity contribution < 1.29 is 0 Å². The third-order valence-electron chi connectivity index (χ3n) is 5.33. The Bertz CT molecular complexity index is 565. The third-order valence-corrected chi connectivity index (χ3v) is 8.04. The van der Waals surface area contributed by atoms with Gasteiger partial charge in [-0.2, -0.15) is 0 Å². The molecule has 0 heterocycles. The van der Waals surface area contributed by atoms with Gasteiger partial charge < -0.3 is 0 Å². The van der Waals surface area contributed by atoms with Crippen LogP contribution in [0.15, 0.2) is 60.7 Å². The summed E-state index contributed by atoms with van der Waals surface area (Å²) in [6, 6.07) is 21.8. The lowest BCUT2D eigenvalue weighted by molar-refractivity contribution is 0.507. The van der Waals surface area contributed by atoms with Gasteiger partial charge in [-0.15, -0.1) is 0 Å². The summed E-state index contributed by atoms with van der Waals surface area (Å²) in [5, 5.41) is 0. The monoisotopic (exact) mass is 406 g/mol. The van der Waals surface area contributed by atoms with E-state index in [9.17, 15) is 0 Å². The molecule has 1 aliphatic rings. The normalized spacial score (nSPS) is 30.1. The Morgan fingerprint density at radius 3 is 1.29 bits per heavy atom. The van der Waals surface area contributed by atoms with Crippen molar-refractivity contribution in [1.29, 1.82) is 0 Å². The second kappa shape index (κ2) is 5.24. The lowest BCUT2D eigenvalue weighted by atomic mass is 9.78. The van der Waals surface area contributed by atoms with Gasteiger partial charge >= 0.3 is 0 Å². The SMILES string of the molecule is CCC1(c2ccccc2)C(Br)(Br)C1(CC)c1ccccc1. The van der Waals surface area contributed by atoms with E-state index in [1.165, 1.54) is 11.1 Å². The van der Waals surface area contributed by atoms with E-state index in [0.717, 1.165) is 12.8 Å². The topological polar surface area (TPSA) is 0 Å². The number of rotatable bonds is 4. The van der Waals surface area contributed by atoms with Crippen LogP contribution in [0.1, 0.15) is 37.8 Å². The molecule has 21 heavy (non-hydrogen) atoms. The van der Waals surface area contributed by atoms with Crippen LogP contribution in [0.3, 0.4) is 0 Å². The fourth-order valence-electron chi connectivity index (χ4n) is 4.36. The maximum Gasteiger partial charge on any atom is 0.102 e. The van der Waals surface area contributed by atoms with Crippen LogP contribution in [-0.2, 0) is 10.8 Å². The number of alkyl halides is 2. The molecule has 2 aromatic carbocycles. The van der Waals surface area contributed by atoms with E-state index < -0.39 is 0 Å². The van der Waals surface area contributed by atoms with Crippen molar-refractivity contribution in [3.05, 3.63) is 71.8 Å². The smallest absolute Gasteiger partial charge is 0.0707 e. The van der Waals surface area contributed by atoms with Gasteiger partial charge in [-0.3, -0.25) is 0 Å². The van der Waals surface area contributed by atoms with Gasteiger partial charge in [0.15, 0.2) is 0 Å². The summed E-state index contributed by atoms with van der Waals surface area (Å²) >= 11 is 8.09. The molecule has 1 fully saturated rings. The van der Waals surface area contributed by atoms with Crippen LogP contribution in [0.25, 0.3) is 0 Å². The van der Waals surface area contributed by atoms with E-state index in [4.69, 9.17) is 0 Å². The van der Waals surface area contributed by atoms with Crippen molar-refractivity contribution in [3.8, 4) is 0 Å². The van der Waals surface area contributed by atoms with Gasteiger partial charge in [0.2, 0.25) is 0 Å². The Morgan fingerprint density at radius 2 is 1.00 bits per heavy atom. The molecule has 0 aromatic heterocycles. The maximum atomic E-state index is 4.04. The molecule has 1 aliphatic carbocycles. The molecule has 0 bridgehead atoms. The zero-order valence-corrected chi connectivity index (χ0v) is 15.6. The highest BCUT2D eigenvalue weighted by molar-refractivity contribution is 9.25. The molecule has 1 saturated carbocycles. The van der Waals surface area contributed by atoms with Crippen molar-refractivity contribution in [2.45, 2.75) is 40.8 Å². The first kappa shape index (κ1) is 15.3. The average molecular weight is 408 g/mol. The molecule has 0 amide bonds. The van der Waals surface area contributed by atoms with Crippen LogP contribution in [0.4, 0.5) is 0 Å². The van der Waals surface area contributed by atoms with Crippen LogP contribution in [0.5, 0.6) is 0 Å². The number of halogens is 2. The van der Waals surface area contributed by atoms with E-state index in [-0.39, 0.29) is 14.1 Å². The molecule has 2 aromatic rings. The fraction of sp³-hybridized carbons (Fsp3) is 0.368. The van der Waals surface area contributed by atoms with E-state index in [1.807, 2.05) is 0 Å². The van der Waals surface area contributed by atoms with Crippen LogP contribution in [-0.4, -0.2) is 3.23 Å². The summed E-state index contributed by atoms with van der Waals surface area (Å²) in [6.45, 7) is 4.59. The Morgan fingerprint density at radius 1 is 0.667 bits per heavy atom. The first-order chi connectivity index (χ1) is 10.1. The predicted molar refractivity (Wildman–Crippen MR) is 97.4 cm³/mol. The first-order valence-electron chi connectivity index (χ1n) is 7.57. The summed E-state index contributed by atoms with van der Waals surface area (Å²) in [5.74, 6) is 0. The summed E-state index contributed by atoms with van der Waals surface area (Å²) in [4.78, 5) is 0. The van der Waals surface area contributed by atoms with Crippen molar-refractivity contribution in [1.82, 2.24) is 0 Å². The molecule has 110 valence electrons. The zero-order chi connectivity index (χ0) is 15.1. The van der Waals surface area contributed by atoms with Gasteiger partial charge in [0.05, 0.1) is 0 Å². The van der Waals surface area contributed by atoms with Gasteiger partial charge in [-0.1, -0.05) is 106 Å². The highest BCUT2D eigenvalue weighted by atomic mass is 79.9. The summed E-state index contributed by atoms with van der Waals surface area (Å²) in [7, 11) is 0. The van der Waals surface area contributed by atoms with Crippen molar-refractivity contribution in [2.75, 3.05) is 0 Å². The van der Waals surface area contributed by atoms with Crippen LogP contribution >= 0.6 is 31.9 Å². The molecule has 0 spiro atoms. The second-order valence-corrected chi connectivity index (χ2v) is 9.27. The van der Waals surface area contributed by atoms with Crippen LogP contribution in [0, 0.1) is 0 Å².